The zero-order valence-electron chi connectivity index (χ0n) is 8.64. The van der Waals surface area contributed by atoms with E-state index in [9.17, 15) is 0 Å². The van der Waals surface area contributed by atoms with Crippen LogP contribution in [0.25, 0.3) is 0 Å². The Hall–Kier alpha value is -1.76. The molecule has 2 N–H and O–H groups in total. The Morgan fingerprint density at radius 2 is 2.07 bits per heavy atom. The van der Waals surface area contributed by atoms with Gasteiger partial charge in [-0.05, 0) is 6.92 Å². The van der Waals surface area contributed by atoms with Gasteiger partial charge in [0.25, 0.3) is 0 Å². The Balaban J connectivity index is 2.21. The second-order valence-electron chi connectivity index (χ2n) is 3.20. The Morgan fingerprint density at radius 1 is 1.27 bits per heavy atom. The van der Waals surface area contributed by atoms with Crippen LogP contribution in [0.4, 0.5) is 0 Å². The minimum atomic E-state index is 0.384. The van der Waals surface area contributed by atoms with Crippen molar-refractivity contribution >= 4 is 0 Å². The molecular weight excluding hydrogens is 196 g/mol. The third-order valence-electron chi connectivity index (χ3n) is 2.12. The number of aryl methyl sites for hydroxylation is 1. The van der Waals surface area contributed by atoms with Crippen LogP contribution in [0.5, 0.6) is 0 Å². The standard InChI is InChI=1S/C8H12N6O/c1-5-7(3-9)11-13-14(5)4-8-12-10-6(2)15-8/h3-4,9H2,1-2H3. The average molecular weight is 208 g/mol. The van der Waals surface area contributed by atoms with E-state index in [1.807, 2.05) is 6.92 Å². The number of nitrogens with two attached hydrogens (primary N) is 1. The highest BCUT2D eigenvalue weighted by Crippen LogP contribution is 2.06. The van der Waals surface area contributed by atoms with Crippen LogP contribution in [-0.4, -0.2) is 25.2 Å². The molecule has 2 aromatic heterocycles. The Bertz CT molecular complexity index is 459. The molecule has 2 heterocycles. The van der Waals surface area contributed by atoms with Gasteiger partial charge >= 0.3 is 0 Å². The molecule has 0 aliphatic heterocycles. The number of nitrogens with zero attached hydrogens (tertiary/aromatic N) is 5. The SMILES string of the molecule is Cc1nnc(Cn2nnc(CN)c2C)o1. The maximum absolute atomic E-state index is 5.49. The quantitative estimate of drug-likeness (QED) is 0.749. The van der Waals surface area contributed by atoms with E-state index in [1.165, 1.54) is 0 Å². The largest absolute Gasteiger partial charge is 0.424 e. The van der Waals surface area contributed by atoms with E-state index in [2.05, 4.69) is 20.5 Å². The van der Waals surface area contributed by atoms with Crippen molar-refractivity contribution in [3.63, 3.8) is 0 Å². The molecule has 0 spiro atoms. The molecule has 0 amide bonds. The molecule has 0 aliphatic carbocycles. The summed E-state index contributed by atoms with van der Waals surface area (Å²) < 4.78 is 6.93. The first-order valence-electron chi connectivity index (χ1n) is 4.58. The first-order valence-corrected chi connectivity index (χ1v) is 4.58. The minimum Gasteiger partial charge on any atom is -0.424 e. The van der Waals surface area contributed by atoms with Crippen molar-refractivity contribution in [2.75, 3.05) is 0 Å². The van der Waals surface area contributed by atoms with Crippen molar-refractivity contribution < 1.29 is 4.42 Å². The predicted octanol–water partition coefficient (Wildman–Crippen LogP) is -0.215. The van der Waals surface area contributed by atoms with Crippen LogP contribution in [0.1, 0.15) is 23.2 Å². The van der Waals surface area contributed by atoms with E-state index in [-0.39, 0.29) is 0 Å². The summed E-state index contributed by atoms with van der Waals surface area (Å²) in [6.45, 7) is 4.47. The summed E-state index contributed by atoms with van der Waals surface area (Å²) in [6, 6.07) is 0. The number of hydrogen-bond donors (Lipinski definition) is 1. The molecule has 0 atom stereocenters. The van der Waals surface area contributed by atoms with E-state index in [4.69, 9.17) is 10.2 Å². The van der Waals surface area contributed by atoms with Crippen LogP contribution in [0.3, 0.4) is 0 Å². The van der Waals surface area contributed by atoms with Gasteiger partial charge in [0.1, 0.15) is 6.54 Å². The number of aromatic nitrogens is 5. The van der Waals surface area contributed by atoms with Gasteiger partial charge in [0, 0.05) is 13.5 Å². The molecule has 0 bridgehead atoms. The zero-order valence-corrected chi connectivity index (χ0v) is 8.64. The van der Waals surface area contributed by atoms with Crippen molar-refractivity contribution in [2.24, 2.45) is 5.73 Å². The van der Waals surface area contributed by atoms with Crippen LogP contribution in [0.15, 0.2) is 4.42 Å². The van der Waals surface area contributed by atoms with Gasteiger partial charge in [-0.15, -0.1) is 15.3 Å². The van der Waals surface area contributed by atoms with Crippen LogP contribution >= 0.6 is 0 Å². The fourth-order valence-electron chi connectivity index (χ4n) is 1.26. The lowest BCUT2D eigenvalue weighted by Crippen LogP contribution is -2.05. The lowest BCUT2D eigenvalue weighted by Gasteiger charge is -1.98. The van der Waals surface area contributed by atoms with Gasteiger partial charge < -0.3 is 10.2 Å². The highest BCUT2D eigenvalue weighted by molar-refractivity contribution is 5.07. The summed E-state index contributed by atoms with van der Waals surface area (Å²) in [5.74, 6) is 1.06. The van der Waals surface area contributed by atoms with Gasteiger partial charge in [-0.2, -0.15) is 0 Å². The normalized spacial score (nSPS) is 10.9. The maximum atomic E-state index is 5.49. The van der Waals surface area contributed by atoms with E-state index >= 15 is 0 Å². The second kappa shape index (κ2) is 3.77. The van der Waals surface area contributed by atoms with E-state index in [0.29, 0.717) is 24.9 Å². The number of rotatable bonds is 3. The third kappa shape index (κ3) is 1.86. The first kappa shape index (κ1) is 9.78. The molecule has 80 valence electrons. The van der Waals surface area contributed by atoms with Gasteiger partial charge in [0.2, 0.25) is 11.8 Å². The van der Waals surface area contributed by atoms with Crippen molar-refractivity contribution in [1.29, 1.82) is 0 Å². The molecule has 2 rings (SSSR count). The lowest BCUT2D eigenvalue weighted by molar-refractivity contribution is 0.438. The van der Waals surface area contributed by atoms with Gasteiger partial charge in [0.05, 0.1) is 11.4 Å². The molecule has 0 unspecified atom stereocenters. The molecular formula is C8H12N6O. The topological polar surface area (TPSA) is 95.7 Å². The van der Waals surface area contributed by atoms with Gasteiger partial charge in [-0.3, -0.25) is 0 Å². The second-order valence-corrected chi connectivity index (χ2v) is 3.20. The summed E-state index contributed by atoms with van der Waals surface area (Å²) in [5, 5.41) is 15.5. The van der Waals surface area contributed by atoms with Crippen molar-refractivity contribution in [3.8, 4) is 0 Å². The Kier molecular flexibility index (Phi) is 2.46. The summed E-state index contributed by atoms with van der Waals surface area (Å²) in [7, 11) is 0. The summed E-state index contributed by atoms with van der Waals surface area (Å²) in [4.78, 5) is 0. The number of hydrogen-bond acceptors (Lipinski definition) is 6. The van der Waals surface area contributed by atoms with Crippen LogP contribution < -0.4 is 5.73 Å². The molecule has 0 radical (unpaired) electrons. The Morgan fingerprint density at radius 3 is 2.60 bits per heavy atom. The fraction of sp³-hybridized carbons (Fsp3) is 0.500. The highest BCUT2D eigenvalue weighted by Gasteiger charge is 2.10. The molecule has 0 fully saturated rings. The monoisotopic (exact) mass is 208 g/mol. The molecule has 0 aromatic carbocycles. The highest BCUT2D eigenvalue weighted by atomic mass is 16.4. The minimum absolute atomic E-state index is 0.384. The van der Waals surface area contributed by atoms with E-state index < -0.39 is 0 Å². The van der Waals surface area contributed by atoms with Gasteiger partial charge in [-0.1, -0.05) is 5.21 Å². The molecule has 0 saturated heterocycles. The zero-order chi connectivity index (χ0) is 10.8. The lowest BCUT2D eigenvalue weighted by atomic mass is 10.3. The van der Waals surface area contributed by atoms with Gasteiger partial charge in [-0.25, -0.2) is 4.68 Å². The van der Waals surface area contributed by atoms with Crippen molar-refractivity contribution in [3.05, 3.63) is 23.2 Å². The summed E-state index contributed by atoms with van der Waals surface area (Å²) >= 11 is 0. The predicted molar refractivity (Wildman–Crippen MR) is 50.8 cm³/mol. The molecule has 0 aliphatic rings. The van der Waals surface area contributed by atoms with E-state index in [1.54, 1.807) is 11.6 Å². The maximum Gasteiger partial charge on any atom is 0.237 e. The summed E-state index contributed by atoms with van der Waals surface area (Å²) in [5.41, 5.74) is 7.20. The Labute approximate surface area is 86.3 Å². The van der Waals surface area contributed by atoms with Crippen LogP contribution in [0.2, 0.25) is 0 Å². The van der Waals surface area contributed by atoms with Gasteiger partial charge in [0.15, 0.2) is 0 Å². The van der Waals surface area contributed by atoms with Crippen molar-refractivity contribution in [2.45, 2.75) is 26.9 Å². The van der Waals surface area contributed by atoms with E-state index in [0.717, 1.165) is 11.4 Å². The fourth-order valence-corrected chi connectivity index (χ4v) is 1.26. The molecule has 15 heavy (non-hydrogen) atoms. The molecule has 7 nitrogen and oxygen atoms in total. The van der Waals surface area contributed by atoms with Crippen LogP contribution in [0, 0.1) is 13.8 Å². The molecule has 0 saturated carbocycles. The molecule has 7 heteroatoms. The van der Waals surface area contributed by atoms with Crippen LogP contribution in [-0.2, 0) is 13.1 Å². The smallest absolute Gasteiger partial charge is 0.237 e. The third-order valence-corrected chi connectivity index (χ3v) is 2.12. The summed E-state index contributed by atoms with van der Waals surface area (Å²) in [6.07, 6.45) is 0. The average Bonchev–Trinajstić information content (AvgIpc) is 2.76. The first-order chi connectivity index (χ1) is 7.20. The molecule has 2 aromatic rings. The van der Waals surface area contributed by atoms with Crippen molar-refractivity contribution in [1.82, 2.24) is 25.2 Å².